The van der Waals surface area contributed by atoms with Crippen LogP contribution in [0, 0.1) is 11.8 Å². The molecule has 2 amide bonds. The normalized spacial score (nSPS) is 32.9. The van der Waals surface area contributed by atoms with Crippen LogP contribution in [-0.2, 0) is 25.5 Å². The molecule has 2 aromatic rings. The number of benzene rings is 1. The van der Waals surface area contributed by atoms with Gasteiger partial charge in [-0.15, -0.1) is 0 Å². The van der Waals surface area contributed by atoms with E-state index in [1.54, 1.807) is 0 Å². The van der Waals surface area contributed by atoms with Crippen molar-refractivity contribution in [3.8, 4) is 0 Å². The molecule has 2 saturated heterocycles. The molecular weight excluding hydrogens is 322 g/mol. The SMILES string of the molecule is COC(=O)C12Cc3c([nH]c4ccccc34)C(N1)C1C(=O)N(C)C(=O)C12. The number of amides is 2. The predicted molar refractivity (Wildman–Crippen MR) is 87.4 cm³/mol. The highest BCUT2D eigenvalue weighted by atomic mass is 16.5. The lowest BCUT2D eigenvalue weighted by atomic mass is 9.78. The number of imide groups is 1. The van der Waals surface area contributed by atoms with Crippen molar-refractivity contribution in [2.75, 3.05) is 14.2 Å². The summed E-state index contributed by atoms with van der Waals surface area (Å²) in [6, 6.07) is 7.44. The Balaban J connectivity index is 1.79. The number of likely N-dealkylation sites (tertiary alicyclic amines) is 1. The lowest BCUT2D eigenvalue weighted by Gasteiger charge is -2.35. The van der Waals surface area contributed by atoms with Gasteiger partial charge in [0.1, 0.15) is 5.54 Å². The second-order valence-electron chi connectivity index (χ2n) is 7.06. The fraction of sp³-hybridized carbons (Fsp3) is 0.389. The van der Waals surface area contributed by atoms with E-state index in [2.05, 4.69) is 10.3 Å². The third kappa shape index (κ3) is 1.52. The number of carbonyl (C=O) groups is 3. The molecule has 2 fully saturated rings. The van der Waals surface area contributed by atoms with Crippen LogP contribution in [0.3, 0.4) is 0 Å². The maximum atomic E-state index is 12.7. The average Bonchev–Trinajstić information content (AvgIpc) is 3.21. The number of ether oxygens (including phenoxy) is 1. The number of para-hydroxylation sites is 1. The molecule has 7 nitrogen and oxygen atoms in total. The van der Waals surface area contributed by atoms with E-state index in [0.717, 1.165) is 27.1 Å². The minimum absolute atomic E-state index is 0.246. The van der Waals surface area contributed by atoms with Crippen molar-refractivity contribution in [1.29, 1.82) is 0 Å². The largest absolute Gasteiger partial charge is 0.468 e. The number of carbonyl (C=O) groups excluding carboxylic acids is 3. The van der Waals surface area contributed by atoms with Crippen molar-refractivity contribution in [1.82, 2.24) is 15.2 Å². The Hall–Kier alpha value is -2.67. The van der Waals surface area contributed by atoms with Crippen LogP contribution < -0.4 is 5.32 Å². The van der Waals surface area contributed by atoms with E-state index >= 15 is 0 Å². The van der Waals surface area contributed by atoms with Crippen LogP contribution in [0.5, 0.6) is 0 Å². The van der Waals surface area contributed by atoms with Gasteiger partial charge in [0.05, 0.1) is 25.0 Å². The molecule has 7 heteroatoms. The van der Waals surface area contributed by atoms with Crippen molar-refractivity contribution >= 4 is 28.7 Å². The van der Waals surface area contributed by atoms with Crippen molar-refractivity contribution in [3.63, 3.8) is 0 Å². The minimum atomic E-state index is -1.19. The number of fused-ring (bicyclic) bond motifs is 9. The number of H-pyrrole nitrogens is 1. The van der Waals surface area contributed by atoms with Crippen LogP contribution in [0.15, 0.2) is 24.3 Å². The lowest BCUT2D eigenvalue weighted by Crippen LogP contribution is -2.59. The van der Waals surface area contributed by atoms with Gasteiger partial charge in [-0.05, 0) is 11.6 Å². The Bertz CT molecular complexity index is 964. The maximum absolute atomic E-state index is 12.7. The molecule has 1 aromatic heterocycles. The molecular formula is C18H17N3O4. The monoisotopic (exact) mass is 339 g/mol. The van der Waals surface area contributed by atoms with Gasteiger partial charge in [0.15, 0.2) is 0 Å². The molecule has 2 N–H and O–H groups in total. The molecule has 5 rings (SSSR count). The highest BCUT2D eigenvalue weighted by Crippen LogP contribution is 2.54. The second-order valence-corrected chi connectivity index (χ2v) is 7.06. The molecule has 1 aromatic carbocycles. The van der Waals surface area contributed by atoms with Gasteiger partial charge in [0, 0.05) is 30.1 Å². The van der Waals surface area contributed by atoms with Crippen molar-refractivity contribution in [3.05, 3.63) is 35.5 Å². The van der Waals surface area contributed by atoms with Gasteiger partial charge in [-0.1, -0.05) is 18.2 Å². The molecule has 4 atom stereocenters. The van der Waals surface area contributed by atoms with E-state index in [1.807, 2.05) is 24.3 Å². The number of aromatic nitrogens is 1. The Morgan fingerprint density at radius 2 is 2.04 bits per heavy atom. The average molecular weight is 339 g/mol. The minimum Gasteiger partial charge on any atom is -0.468 e. The van der Waals surface area contributed by atoms with Gasteiger partial charge >= 0.3 is 5.97 Å². The van der Waals surface area contributed by atoms with Crippen molar-refractivity contribution < 1.29 is 19.1 Å². The first-order valence-electron chi connectivity index (χ1n) is 8.26. The number of methoxy groups -OCH3 is 1. The van der Waals surface area contributed by atoms with Gasteiger partial charge in [-0.2, -0.15) is 0 Å². The van der Waals surface area contributed by atoms with Crippen molar-refractivity contribution in [2.24, 2.45) is 11.8 Å². The smallest absolute Gasteiger partial charge is 0.327 e. The molecule has 0 aliphatic carbocycles. The maximum Gasteiger partial charge on any atom is 0.327 e. The van der Waals surface area contributed by atoms with Crippen LogP contribution in [-0.4, -0.2) is 47.4 Å². The fourth-order valence-electron chi connectivity index (χ4n) is 4.95. The zero-order valence-electron chi connectivity index (χ0n) is 13.8. The van der Waals surface area contributed by atoms with Gasteiger partial charge in [-0.25, -0.2) is 0 Å². The summed E-state index contributed by atoms with van der Waals surface area (Å²) in [4.78, 5) is 42.7. The van der Waals surface area contributed by atoms with Gasteiger partial charge in [0.2, 0.25) is 11.8 Å². The van der Waals surface area contributed by atoms with E-state index in [0.29, 0.717) is 6.42 Å². The lowest BCUT2D eigenvalue weighted by molar-refractivity contribution is -0.154. The van der Waals surface area contributed by atoms with E-state index in [9.17, 15) is 14.4 Å². The van der Waals surface area contributed by atoms with Gasteiger partial charge in [-0.3, -0.25) is 24.6 Å². The van der Waals surface area contributed by atoms with Crippen LogP contribution in [0.1, 0.15) is 17.3 Å². The Morgan fingerprint density at radius 3 is 2.80 bits per heavy atom. The zero-order chi connectivity index (χ0) is 17.5. The summed E-state index contributed by atoms with van der Waals surface area (Å²) in [6.45, 7) is 0. The van der Waals surface area contributed by atoms with Gasteiger partial charge < -0.3 is 9.72 Å². The number of esters is 1. The first-order chi connectivity index (χ1) is 12.0. The Morgan fingerprint density at radius 1 is 1.28 bits per heavy atom. The third-order valence-corrected chi connectivity index (χ3v) is 6.04. The van der Waals surface area contributed by atoms with Crippen LogP contribution in [0.25, 0.3) is 10.9 Å². The van der Waals surface area contributed by atoms with E-state index in [1.165, 1.54) is 14.2 Å². The second kappa shape index (κ2) is 4.49. The fourth-order valence-corrected chi connectivity index (χ4v) is 4.95. The molecule has 3 aliphatic heterocycles. The van der Waals surface area contributed by atoms with E-state index < -0.39 is 29.4 Å². The van der Waals surface area contributed by atoms with Gasteiger partial charge in [0.25, 0.3) is 0 Å². The summed E-state index contributed by atoms with van der Waals surface area (Å²) in [5.41, 5.74) is 1.65. The quantitative estimate of drug-likeness (QED) is 0.583. The highest BCUT2D eigenvalue weighted by Gasteiger charge is 2.70. The third-order valence-electron chi connectivity index (χ3n) is 6.04. The molecule has 0 radical (unpaired) electrons. The number of hydrogen-bond acceptors (Lipinski definition) is 5. The van der Waals surface area contributed by atoms with E-state index in [4.69, 9.17) is 4.74 Å². The topological polar surface area (TPSA) is 91.5 Å². The summed E-state index contributed by atoms with van der Waals surface area (Å²) in [7, 11) is 2.80. The summed E-state index contributed by atoms with van der Waals surface area (Å²) >= 11 is 0. The number of rotatable bonds is 1. The van der Waals surface area contributed by atoms with Crippen LogP contribution in [0.2, 0.25) is 0 Å². The summed E-state index contributed by atoms with van der Waals surface area (Å²) < 4.78 is 5.05. The predicted octanol–water partition coefficient (Wildman–Crippen LogP) is 0.511. The first-order valence-corrected chi connectivity index (χ1v) is 8.26. The number of nitrogens with zero attached hydrogens (tertiary/aromatic N) is 1. The molecule has 2 bridgehead atoms. The Labute approximate surface area is 143 Å². The van der Waals surface area contributed by atoms with Crippen LogP contribution >= 0.6 is 0 Å². The highest BCUT2D eigenvalue weighted by molar-refractivity contribution is 6.10. The van der Waals surface area contributed by atoms with Crippen molar-refractivity contribution in [2.45, 2.75) is 18.0 Å². The summed E-state index contributed by atoms with van der Waals surface area (Å²) in [5, 5.41) is 4.30. The molecule has 0 spiro atoms. The summed E-state index contributed by atoms with van der Waals surface area (Å²) in [5.74, 6) is -2.38. The van der Waals surface area contributed by atoms with E-state index in [-0.39, 0.29) is 11.8 Å². The number of aromatic amines is 1. The molecule has 4 heterocycles. The number of hydrogen-bond donors (Lipinski definition) is 2. The summed E-state index contributed by atoms with van der Waals surface area (Å²) in [6.07, 6.45) is 0.323. The standard InChI is InChI=1S/C18H17N3O4/c1-21-15(22)11-12(16(21)23)18(17(24)25-2)7-9-8-5-3-4-6-10(8)19-13(9)14(11)20-18/h3-6,11-12,14,19-20H,7H2,1-2H3. The molecule has 0 saturated carbocycles. The molecule has 128 valence electrons. The molecule has 3 aliphatic rings. The molecule has 4 unspecified atom stereocenters. The van der Waals surface area contributed by atoms with Crippen LogP contribution in [0.4, 0.5) is 0 Å². The molecule has 25 heavy (non-hydrogen) atoms. The number of nitrogens with one attached hydrogen (secondary N) is 2. The zero-order valence-corrected chi connectivity index (χ0v) is 13.8. The first kappa shape index (κ1) is 14.7. The Kier molecular flexibility index (Phi) is 2.63.